The number of rotatable bonds is 1. The van der Waals surface area contributed by atoms with Crippen LogP contribution < -0.4 is 0 Å². The van der Waals surface area contributed by atoms with E-state index < -0.39 is 0 Å². The van der Waals surface area contributed by atoms with Gasteiger partial charge in [0.2, 0.25) is 0 Å². The molecule has 0 aromatic carbocycles. The second kappa shape index (κ2) is 6.23. The highest BCUT2D eigenvalue weighted by atomic mass is 16.3. The molecule has 3 fully saturated rings. The van der Waals surface area contributed by atoms with Gasteiger partial charge in [0.25, 0.3) is 0 Å². The van der Waals surface area contributed by atoms with Crippen LogP contribution >= 0.6 is 0 Å². The zero-order valence-electron chi connectivity index (χ0n) is 17.0. The van der Waals surface area contributed by atoms with Crippen molar-refractivity contribution < 1.29 is 5.11 Å². The number of aliphatic hydroxyl groups excluding tert-OH is 1. The van der Waals surface area contributed by atoms with Crippen LogP contribution in [0.3, 0.4) is 0 Å². The molecule has 2 nitrogen and oxygen atoms in total. The topological polar surface area (TPSA) is 24.6 Å². The molecule has 0 radical (unpaired) electrons. The van der Waals surface area contributed by atoms with Crippen LogP contribution in [0.5, 0.6) is 0 Å². The monoisotopic (exact) mass is 353 g/mol. The van der Waals surface area contributed by atoms with Crippen LogP contribution in [-0.4, -0.2) is 11.7 Å². The van der Waals surface area contributed by atoms with Crippen molar-refractivity contribution in [3.8, 4) is 0 Å². The Balaban J connectivity index is 1.69. The smallest absolute Gasteiger partial charge is 0.162 e. The summed E-state index contributed by atoms with van der Waals surface area (Å²) in [6.45, 7) is 17.2. The molecule has 0 aliphatic heterocycles. The van der Waals surface area contributed by atoms with Crippen LogP contribution in [-0.2, 0) is 0 Å². The summed E-state index contributed by atoms with van der Waals surface area (Å²) in [4.78, 5) is 3.81. The van der Waals surface area contributed by atoms with Gasteiger partial charge in [0.15, 0.2) is 5.70 Å². The van der Waals surface area contributed by atoms with E-state index in [2.05, 4.69) is 31.7 Å². The van der Waals surface area contributed by atoms with Gasteiger partial charge in [-0.2, -0.15) is 0 Å². The SMILES string of the molecule is [C-]#[N+]/C(C)=C1/CC[C@H]2[C@@H]3CC=C4C[C@@H](C)[C@@H](CO)C[C@]4(C)[C@H]3CC[C@]12C. The summed E-state index contributed by atoms with van der Waals surface area (Å²) in [5, 5.41) is 9.92. The molecule has 1 N–H and O–H groups in total. The fourth-order valence-corrected chi connectivity index (χ4v) is 7.73. The summed E-state index contributed by atoms with van der Waals surface area (Å²) < 4.78 is 0. The van der Waals surface area contributed by atoms with Crippen molar-refractivity contribution in [2.45, 2.75) is 72.6 Å². The normalized spacial score (nSPS) is 49.4. The van der Waals surface area contributed by atoms with Gasteiger partial charge >= 0.3 is 0 Å². The molecule has 0 aromatic rings. The highest BCUT2D eigenvalue weighted by Crippen LogP contribution is 2.67. The van der Waals surface area contributed by atoms with Gasteiger partial charge in [-0.1, -0.05) is 38.0 Å². The fraction of sp³-hybridized carbons (Fsp3) is 0.792. The Hall–Kier alpha value is -1.07. The average molecular weight is 354 g/mol. The second-order valence-corrected chi connectivity index (χ2v) is 10.3. The van der Waals surface area contributed by atoms with Gasteiger partial charge in [-0.15, -0.1) is 0 Å². The predicted molar refractivity (Wildman–Crippen MR) is 106 cm³/mol. The van der Waals surface area contributed by atoms with Crippen LogP contribution in [0.15, 0.2) is 22.9 Å². The standard InChI is InChI=1S/C24H35NO/c1-15-12-18-6-7-19-21-9-8-20(16(2)25-5)23(21,3)11-10-22(19)24(18,4)13-17(15)14-26/h6,15,17,19,21-22,26H,7-14H2,1-4H3/b20-16-/t15-,17-,19+,21+,22+,23-,24+/m1/s1. The van der Waals surface area contributed by atoms with Gasteiger partial charge in [-0.3, -0.25) is 0 Å². The summed E-state index contributed by atoms with van der Waals surface area (Å²) in [6, 6.07) is 0. The van der Waals surface area contributed by atoms with Crippen LogP contribution in [0, 0.1) is 47.0 Å². The highest BCUT2D eigenvalue weighted by molar-refractivity contribution is 5.33. The number of hydrogen-bond donors (Lipinski definition) is 1. The van der Waals surface area contributed by atoms with Gasteiger partial charge in [0.05, 0.1) is 6.57 Å². The van der Waals surface area contributed by atoms with Gasteiger partial charge in [0, 0.05) is 6.61 Å². The molecule has 4 aliphatic carbocycles. The molecule has 4 aliphatic rings. The van der Waals surface area contributed by atoms with Gasteiger partial charge in [0.1, 0.15) is 0 Å². The molecule has 0 bridgehead atoms. The van der Waals surface area contributed by atoms with E-state index in [1.54, 1.807) is 5.57 Å². The maximum atomic E-state index is 9.92. The third-order valence-corrected chi connectivity index (χ3v) is 9.28. The average Bonchev–Trinajstić information content (AvgIpc) is 2.98. The molecular formula is C24H35NO. The van der Waals surface area contributed by atoms with E-state index >= 15 is 0 Å². The molecule has 0 saturated heterocycles. The van der Waals surface area contributed by atoms with Crippen LogP contribution in [0.25, 0.3) is 4.85 Å². The first-order valence-corrected chi connectivity index (χ1v) is 10.7. The number of allylic oxidation sites excluding steroid dienone is 4. The van der Waals surface area contributed by atoms with Crippen LogP contribution in [0.4, 0.5) is 0 Å². The van der Waals surface area contributed by atoms with Crippen LogP contribution in [0.2, 0.25) is 0 Å². The van der Waals surface area contributed by atoms with E-state index in [9.17, 15) is 5.11 Å². The summed E-state index contributed by atoms with van der Waals surface area (Å²) in [6.07, 6.45) is 11.2. The van der Waals surface area contributed by atoms with E-state index in [4.69, 9.17) is 6.57 Å². The summed E-state index contributed by atoms with van der Waals surface area (Å²) in [7, 11) is 0. The highest BCUT2D eigenvalue weighted by Gasteiger charge is 2.57. The Labute approximate surface area is 159 Å². The Bertz CT molecular complexity index is 697. The number of hydrogen-bond acceptors (Lipinski definition) is 1. The van der Waals surface area contributed by atoms with Crippen molar-refractivity contribution >= 4 is 0 Å². The molecule has 0 aromatic heterocycles. The molecule has 0 heterocycles. The van der Waals surface area contributed by atoms with Crippen molar-refractivity contribution in [3.05, 3.63) is 34.3 Å². The molecule has 4 rings (SSSR count). The molecule has 0 unspecified atom stereocenters. The first kappa shape index (κ1) is 18.3. The lowest BCUT2D eigenvalue weighted by molar-refractivity contribution is -0.0352. The van der Waals surface area contributed by atoms with E-state index in [-0.39, 0.29) is 5.41 Å². The van der Waals surface area contributed by atoms with Gasteiger partial charge < -0.3 is 5.11 Å². The Kier molecular flexibility index (Phi) is 4.39. The molecule has 2 heteroatoms. The van der Waals surface area contributed by atoms with Crippen molar-refractivity contribution in [3.63, 3.8) is 0 Å². The lowest BCUT2D eigenvalue weighted by Crippen LogP contribution is -2.50. The van der Waals surface area contributed by atoms with E-state index in [0.717, 1.165) is 29.9 Å². The lowest BCUT2D eigenvalue weighted by Gasteiger charge is -2.58. The maximum absolute atomic E-state index is 9.92. The lowest BCUT2D eigenvalue weighted by atomic mass is 9.46. The Morgan fingerprint density at radius 3 is 2.69 bits per heavy atom. The minimum atomic E-state index is 0.260. The molecule has 26 heavy (non-hydrogen) atoms. The quantitative estimate of drug-likeness (QED) is 0.454. The number of nitrogens with zero attached hydrogens (tertiary/aromatic N) is 1. The minimum Gasteiger partial charge on any atom is -0.396 e. The van der Waals surface area contributed by atoms with E-state index in [1.807, 2.05) is 6.92 Å². The second-order valence-electron chi connectivity index (χ2n) is 10.3. The van der Waals surface area contributed by atoms with Gasteiger partial charge in [-0.05, 0) is 92.3 Å². The number of aliphatic hydroxyl groups is 1. The fourth-order valence-electron chi connectivity index (χ4n) is 7.73. The third-order valence-electron chi connectivity index (χ3n) is 9.28. The number of fused-ring (bicyclic) bond motifs is 5. The maximum Gasteiger partial charge on any atom is 0.162 e. The molecule has 142 valence electrons. The van der Waals surface area contributed by atoms with Crippen molar-refractivity contribution in [2.75, 3.05) is 6.61 Å². The van der Waals surface area contributed by atoms with Crippen molar-refractivity contribution in [1.29, 1.82) is 0 Å². The van der Waals surface area contributed by atoms with E-state index in [1.165, 1.54) is 44.1 Å². The van der Waals surface area contributed by atoms with Crippen molar-refractivity contribution in [1.82, 2.24) is 0 Å². The molecule has 0 spiro atoms. The first-order chi connectivity index (χ1) is 12.3. The van der Waals surface area contributed by atoms with Crippen molar-refractivity contribution in [2.24, 2.45) is 40.4 Å². The zero-order chi connectivity index (χ0) is 18.7. The van der Waals surface area contributed by atoms with Crippen LogP contribution in [0.1, 0.15) is 72.6 Å². The summed E-state index contributed by atoms with van der Waals surface area (Å²) in [5.74, 6) is 3.37. The van der Waals surface area contributed by atoms with Gasteiger partial charge in [-0.25, -0.2) is 4.85 Å². The summed E-state index contributed by atoms with van der Waals surface area (Å²) >= 11 is 0. The summed E-state index contributed by atoms with van der Waals surface area (Å²) in [5.41, 5.74) is 4.70. The molecular weight excluding hydrogens is 318 g/mol. The third kappa shape index (κ3) is 2.39. The Morgan fingerprint density at radius 1 is 1.27 bits per heavy atom. The molecule has 3 saturated carbocycles. The molecule has 7 atom stereocenters. The van der Waals surface area contributed by atoms with E-state index in [0.29, 0.717) is 23.9 Å². The predicted octanol–water partition coefficient (Wildman–Crippen LogP) is 6.00. The first-order valence-electron chi connectivity index (χ1n) is 10.7. The molecule has 0 amide bonds. The Morgan fingerprint density at radius 2 is 2.00 bits per heavy atom. The largest absolute Gasteiger partial charge is 0.396 e. The zero-order valence-corrected chi connectivity index (χ0v) is 17.0. The minimum absolute atomic E-state index is 0.260.